The van der Waals surface area contributed by atoms with E-state index < -0.39 is 0 Å². The monoisotopic (exact) mass is 385 g/mol. The number of hydrogen-bond donors (Lipinski definition) is 2. The van der Waals surface area contributed by atoms with Gasteiger partial charge in [-0.3, -0.25) is 5.10 Å². The van der Waals surface area contributed by atoms with Crippen LogP contribution in [0.1, 0.15) is 4.88 Å². The maximum absolute atomic E-state index is 4.06. The number of nitrogens with one attached hydrogen (secondary N) is 2. The Labute approximate surface area is 125 Å². The van der Waals surface area contributed by atoms with Crippen LogP contribution in [0.5, 0.6) is 0 Å². The van der Waals surface area contributed by atoms with Gasteiger partial charge in [-0.05, 0) is 50.1 Å². The Kier molecular flexibility index (Phi) is 3.41. The number of nitrogens with zero attached hydrogens (tertiary/aromatic N) is 1. The van der Waals surface area contributed by atoms with Gasteiger partial charge in [0, 0.05) is 27.0 Å². The summed E-state index contributed by atoms with van der Waals surface area (Å²) in [7, 11) is 0. The molecule has 0 radical (unpaired) electrons. The molecule has 3 aromatic rings. The van der Waals surface area contributed by atoms with Gasteiger partial charge in [0.1, 0.15) is 0 Å². The first-order chi connectivity index (χ1) is 8.74. The molecule has 0 saturated heterocycles. The van der Waals surface area contributed by atoms with Crippen molar-refractivity contribution in [2.45, 2.75) is 6.54 Å². The predicted molar refractivity (Wildman–Crippen MR) is 83.1 cm³/mol. The fraction of sp³-hybridized carbons (Fsp3) is 0.0833. The van der Waals surface area contributed by atoms with Crippen LogP contribution in [-0.2, 0) is 6.54 Å². The Morgan fingerprint density at radius 3 is 3.00 bits per heavy atom. The fourth-order valence-corrected chi connectivity index (χ4v) is 3.90. The third-order valence-electron chi connectivity index (χ3n) is 2.63. The van der Waals surface area contributed by atoms with Crippen LogP contribution < -0.4 is 5.32 Å². The van der Waals surface area contributed by atoms with Crippen molar-refractivity contribution in [3.63, 3.8) is 0 Å². The van der Waals surface area contributed by atoms with Crippen molar-refractivity contribution in [2.24, 2.45) is 0 Å². The summed E-state index contributed by atoms with van der Waals surface area (Å²) in [5, 5.41) is 11.6. The highest BCUT2D eigenvalue weighted by Crippen LogP contribution is 2.33. The van der Waals surface area contributed by atoms with E-state index in [9.17, 15) is 0 Å². The molecule has 2 N–H and O–H groups in total. The van der Waals surface area contributed by atoms with E-state index in [-0.39, 0.29) is 0 Å². The van der Waals surface area contributed by atoms with Gasteiger partial charge in [0.15, 0.2) is 0 Å². The standard InChI is InChI=1S/C12H9Br2N3S/c13-9-4-7(18-12(9)14)5-15-10-2-1-3-11-8(10)6-16-17-11/h1-4,6,15H,5H2,(H,16,17). The summed E-state index contributed by atoms with van der Waals surface area (Å²) in [6.45, 7) is 0.805. The van der Waals surface area contributed by atoms with Crippen LogP contribution in [0.4, 0.5) is 5.69 Å². The van der Waals surface area contributed by atoms with Crippen molar-refractivity contribution in [3.8, 4) is 0 Å². The molecule has 0 bridgehead atoms. The summed E-state index contributed by atoms with van der Waals surface area (Å²) in [4.78, 5) is 1.27. The van der Waals surface area contributed by atoms with Gasteiger partial charge in [0.2, 0.25) is 0 Å². The first kappa shape index (κ1) is 12.2. The quantitative estimate of drug-likeness (QED) is 0.681. The van der Waals surface area contributed by atoms with E-state index in [1.165, 1.54) is 4.88 Å². The van der Waals surface area contributed by atoms with Gasteiger partial charge in [-0.15, -0.1) is 11.3 Å². The number of aromatic nitrogens is 2. The molecule has 3 rings (SSSR count). The summed E-state index contributed by atoms with van der Waals surface area (Å²) < 4.78 is 2.23. The maximum atomic E-state index is 4.06. The molecule has 0 fully saturated rings. The lowest BCUT2D eigenvalue weighted by Crippen LogP contribution is -1.97. The molecule has 0 amide bonds. The van der Waals surface area contributed by atoms with E-state index in [1.54, 1.807) is 11.3 Å². The first-order valence-corrected chi connectivity index (χ1v) is 7.74. The van der Waals surface area contributed by atoms with E-state index in [4.69, 9.17) is 0 Å². The van der Waals surface area contributed by atoms with Crippen molar-refractivity contribution >= 4 is 59.8 Å². The normalized spacial score (nSPS) is 11.0. The molecule has 2 heterocycles. The topological polar surface area (TPSA) is 40.7 Å². The molecule has 1 aromatic carbocycles. The summed E-state index contributed by atoms with van der Waals surface area (Å²) in [5.41, 5.74) is 2.15. The fourth-order valence-electron chi connectivity index (χ4n) is 1.78. The highest BCUT2D eigenvalue weighted by molar-refractivity contribution is 9.13. The van der Waals surface area contributed by atoms with E-state index >= 15 is 0 Å². The van der Waals surface area contributed by atoms with Crippen LogP contribution in [0.2, 0.25) is 0 Å². The average Bonchev–Trinajstić information content (AvgIpc) is 2.94. The zero-order valence-electron chi connectivity index (χ0n) is 9.21. The highest BCUT2D eigenvalue weighted by Gasteiger charge is 2.05. The van der Waals surface area contributed by atoms with Crippen LogP contribution in [0.15, 0.2) is 38.7 Å². The van der Waals surface area contributed by atoms with Gasteiger partial charge < -0.3 is 5.32 Å². The molecule has 6 heteroatoms. The number of hydrogen-bond acceptors (Lipinski definition) is 3. The number of rotatable bonds is 3. The molecule has 0 atom stereocenters. The third-order valence-corrected chi connectivity index (χ3v) is 5.89. The van der Waals surface area contributed by atoms with Crippen molar-refractivity contribution in [3.05, 3.63) is 43.6 Å². The number of benzene rings is 1. The minimum absolute atomic E-state index is 0.805. The van der Waals surface area contributed by atoms with Gasteiger partial charge in [-0.1, -0.05) is 6.07 Å². The molecule has 0 spiro atoms. The number of aromatic amines is 1. The lowest BCUT2D eigenvalue weighted by molar-refractivity contribution is 1.12. The second-order valence-corrected chi connectivity index (χ2v) is 7.13. The molecule has 3 nitrogen and oxygen atoms in total. The smallest absolute Gasteiger partial charge is 0.0843 e. The first-order valence-electron chi connectivity index (χ1n) is 5.34. The molecule has 0 aliphatic rings. The van der Waals surface area contributed by atoms with Crippen LogP contribution in [0.25, 0.3) is 10.9 Å². The Bertz CT molecular complexity index is 670. The molecular formula is C12H9Br2N3S. The average molecular weight is 387 g/mol. The van der Waals surface area contributed by atoms with Crippen molar-refractivity contribution in [2.75, 3.05) is 5.32 Å². The lowest BCUT2D eigenvalue weighted by Gasteiger charge is -2.05. The molecule has 0 unspecified atom stereocenters. The predicted octanol–water partition coefficient (Wildman–Crippen LogP) is 4.76. The summed E-state index contributed by atoms with van der Waals surface area (Å²) in [6, 6.07) is 8.22. The molecule has 0 aliphatic carbocycles. The minimum atomic E-state index is 0.805. The van der Waals surface area contributed by atoms with Crippen LogP contribution in [-0.4, -0.2) is 10.2 Å². The third kappa shape index (κ3) is 2.32. The Hall–Kier alpha value is -0.850. The second kappa shape index (κ2) is 5.03. The van der Waals surface area contributed by atoms with Gasteiger partial charge in [0.05, 0.1) is 15.5 Å². The van der Waals surface area contributed by atoms with Crippen LogP contribution in [0.3, 0.4) is 0 Å². The summed E-state index contributed by atoms with van der Waals surface area (Å²) in [6.07, 6.45) is 1.85. The van der Waals surface area contributed by atoms with Crippen molar-refractivity contribution in [1.29, 1.82) is 0 Å². The van der Waals surface area contributed by atoms with Gasteiger partial charge in [0.25, 0.3) is 0 Å². The molecular weight excluding hydrogens is 378 g/mol. The second-order valence-electron chi connectivity index (χ2n) is 3.82. The SMILES string of the molecule is Brc1cc(CNc2cccc3[nH]ncc23)sc1Br. The number of fused-ring (bicyclic) bond motifs is 1. The van der Waals surface area contributed by atoms with E-state index in [1.807, 2.05) is 18.3 Å². The maximum Gasteiger partial charge on any atom is 0.0843 e. The van der Waals surface area contributed by atoms with E-state index in [0.717, 1.165) is 31.4 Å². The van der Waals surface area contributed by atoms with Crippen LogP contribution in [0, 0.1) is 0 Å². The Morgan fingerprint density at radius 2 is 2.22 bits per heavy atom. The molecule has 92 valence electrons. The van der Waals surface area contributed by atoms with E-state index in [0.29, 0.717) is 0 Å². The van der Waals surface area contributed by atoms with Gasteiger partial charge in [-0.25, -0.2) is 0 Å². The largest absolute Gasteiger partial charge is 0.380 e. The van der Waals surface area contributed by atoms with Crippen molar-refractivity contribution in [1.82, 2.24) is 10.2 Å². The summed E-state index contributed by atoms with van der Waals surface area (Å²) in [5.74, 6) is 0. The van der Waals surface area contributed by atoms with Gasteiger partial charge in [-0.2, -0.15) is 5.10 Å². The van der Waals surface area contributed by atoms with Crippen molar-refractivity contribution < 1.29 is 0 Å². The molecule has 0 aliphatic heterocycles. The Morgan fingerprint density at radius 1 is 1.33 bits per heavy atom. The lowest BCUT2D eigenvalue weighted by atomic mass is 10.2. The highest BCUT2D eigenvalue weighted by atomic mass is 79.9. The number of thiophene rings is 1. The van der Waals surface area contributed by atoms with Gasteiger partial charge >= 0.3 is 0 Å². The number of anilines is 1. The number of halogens is 2. The minimum Gasteiger partial charge on any atom is -0.380 e. The molecule has 18 heavy (non-hydrogen) atoms. The molecule has 2 aromatic heterocycles. The summed E-state index contributed by atoms with van der Waals surface area (Å²) >= 11 is 8.73. The number of H-pyrrole nitrogens is 1. The zero-order chi connectivity index (χ0) is 12.5. The Balaban J connectivity index is 1.82. The van der Waals surface area contributed by atoms with E-state index in [2.05, 4.69) is 59.5 Å². The zero-order valence-corrected chi connectivity index (χ0v) is 13.2. The van der Waals surface area contributed by atoms with Crippen LogP contribution >= 0.6 is 43.2 Å². The molecule has 0 saturated carbocycles.